The van der Waals surface area contributed by atoms with Crippen molar-refractivity contribution >= 4 is 11.7 Å². The normalized spacial score (nSPS) is 17.5. The molecule has 2 rings (SSSR count). The van der Waals surface area contributed by atoms with Gasteiger partial charge in [0.25, 0.3) is 0 Å². The summed E-state index contributed by atoms with van der Waals surface area (Å²) < 4.78 is 0. The minimum atomic E-state index is -0.536. The Hall–Kier alpha value is -1.63. The largest absolute Gasteiger partial charge is 0.390 e. The van der Waals surface area contributed by atoms with E-state index in [0.717, 1.165) is 38.3 Å². The lowest BCUT2D eigenvalue weighted by Crippen LogP contribution is -2.49. The molecule has 1 atom stereocenters. The molecule has 0 saturated carbocycles. The molecule has 0 unspecified atom stereocenters. The molecule has 1 aliphatic rings. The van der Waals surface area contributed by atoms with Crippen LogP contribution in [-0.4, -0.2) is 85.3 Å². The molecule has 1 aromatic rings. The zero-order valence-electron chi connectivity index (χ0n) is 15.0. The first-order valence-corrected chi connectivity index (χ1v) is 8.68. The van der Waals surface area contributed by atoms with Crippen molar-refractivity contribution in [3.63, 3.8) is 0 Å². The van der Waals surface area contributed by atoms with E-state index in [1.165, 1.54) is 10.5 Å². The molecule has 1 saturated heterocycles. The van der Waals surface area contributed by atoms with E-state index < -0.39 is 6.10 Å². The van der Waals surface area contributed by atoms with Gasteiger partial charge in [-0.05, 0) is 31.2 Å². The van der Waals surface area contributed by atoms with Crippen LogP contribution in [0.4, 0.5) is 10.5 Å². The van der Waals surface area contributed by atoms with Crippen LogP contribution in [-0.2, 0) is 6.42 Å². The molecule has 1 aliphatic heterocycles. The van der Waals surface area contributed by atoms with Crippen molar-refractivity contribution in [1.82, 2.24) is 14.7 Å². The number of anilines is 1. The smallest absolute Gasteiger partial charge is 0.321 e. The Morgan fingerprint density at radius 2 is 1.88 bits per heavy atom. The fraction of sp³-hybridized carbons (Fsp3) is 0.611. The molecule has 1 fully saturated rings. The number of nitrogens with one attached hydrogen (secondary N) is 1. The highest BCUT2D eigenvalue weighted by Crippen LogP contribution is 2.11. The van der Waals surface area contributed by atoms with Gasteiger partial charge in [-0.25, -0.2) is 4.79 Å². The summed E-state index contributed by atoms with van der Waals surface area (Å²) in [5, 5.41) is 13.1. The number of amides is 2. The summed E-state index contributed by atoms with van der Waals surface area (Å²) in [6.07, 6.45) is 0.443. The first kappa shape index (κ1) is 18.7. The fourth-order valence-corrected chi connectivity index (χ4v) is 2.83. The van der Waals surface area contributed by atoms with Crippen molar-refractivity contribution < 1.29 is 9.90 Å². The topological polar surface area (TPSA) is 59.1 Å². The Morgan fingerprint density at radius 1 is 1.25 bits per heavy atom. The van der Waals surface area contributed by atoms with E-state index in [1.54, 1.807) is 7.05 Å². The average molecular weight is 334 g/mol. The van der Waals surface area contributed by atoms with Crippen LogP contribution in [0.3, 0.4) is 0 Å². The van der Waals surface area contributed by atoms with Gasteiger partial charge in [0.05, 0.1) is 6.10 Å². The minimum absolute atomic E-state index is 0.198. The number of carbonyl (C=O) groups excluding carboxylic acids is 1. The van der Waals surface area contributed by atoms with Crippen molar-refractivity contribution in [2.24, 2.45) is 0 Å². The molecule has 0 aliphatic carbocycles. The molecular weight excluding hydrogens is 304 g/mol. The summed E-state index contributed by atoms with van der Waals surface area (Å²) >= 11 is 0. The number of piperazine rings is 1. The average Bonchev–Trinajstić information content (AvgIpc) is 2.57. The van der Waals surface area contributed by atoms with Gasteiger partial charge in [0.2, 0.25) is 0 Å². The van der Waals surface area contributed by atoms with E-state index >= 15 is 0 Å². The molecule has 1 heterocycles. The van der Waals surface area contributed by atoms with E-state index in [-0.39, 0.29) is 6.03 Å². The van der Waals surface area contributed by atoms with Crippen LogP contribution in [0, 0.1) is 0 Å². The summed E-state index contributed by atoms with van der Waals surface area (Å²) in [5.41, 5.74) is 2.02. The molecule has 0 radical (unpaired) electrons. The van der Waals surface area contributed by atoms with Crippen molar-refractivity contribution in [3.8, 4) is 0 Å². The summed E-state index contributed by atoms with van der Waals surface area (Å²) in [7, 11) is 3.82. The van der Waals surface area contributed by atoms with Gasteiger partial charge < -0.3 is 20.2 Å². The first-order valence-electron chi connectivity index (χ1n) is 8.68. The third-order valence-electron chi connectivity index (χ3n) is 4.51. The number of β-amino-alcohol motifs (C(OH)–C–C–N with tert-alkyl or cyclic N) is 1. The molecule has 2 amide bonds. The molecule has 0 spiro atoms. The molecular formula is C18H30N4O2. The van der Waals surface area contributed by atoms with Crippen LogP contribution < -0.4 is 5.32 Å². The molecule has 0 aromatic heterocycles. The number of carbonyl (C=O) groups is 1. The van der Waals surface area contributed by atoms with Crippen LogP contribution >= 0.6 is 0 Å². The quantitative estimate of drug-likeness (QED) is 0.824. The second-order valence-corrected chi connectivity index (χ2v) is 6.62. The van der Waals surface area contributed by atoms with Crippen molar-refractivity contribution in [3.05, 3.63) is 29.8 Å². The van der Waals surface area contributed by atoms with Gasteiger partial charge in [0.1, 0.15) is 0 Å². The van der Waals surface area contributed by atoms with E-state index in [2.05, 4.69) is 29.1 Å². The van der Waals surface area contributed by atoms with Crippen LogP contribution in [0.25, 0.3) is 0 Å². The zero-order chi connectivity index (χ0) is 17.5. The third-order valence-corrected chi connectivity index (χ3v) is 4.51. The van der Waals surface area contributed by atoms with Crippen LogP contribution in [0.15, 0.2) is 24.3 Å². The highest BCUT2D eigenvalue weighted by Gasteiger charge is 2.19. The summed E-state index contributed by atoms with van der Waals surface area (Å²) in [6, 6.07) is 7.64. The summed E-state index contributed by atoms with van der Waals surface area (Å²) in [6.45, 7) is 7.01. The molecule has 1 aromatic carbocycles. The molecule has 2 N–H and O–H groups in total. The molecule has 0 bridgehead atoms. The monoisotopic (exact) mass is 334 g/mol. The van der Waals surface area contributed by atoms with Crippen LogP contribution in [0.1, 0.15) is 12.5 Å². The Labute approximate surface area is 145 Å². The van der Waals surface area contributed by atoms with Gasteiger partial charge in [-0.1, -0.05) is 19.1 Å². The predicted octanol–water partition coefficient (Wildman–Crippen LogP) is 1.32. The second kappa shape index (κ2) is 9.01. The number of aliphatic hydroxyl groups is 1. The van der Waals surface area contributed by atoms with E-state index in [9.17, 15) is 9.90 Å². The lowest BCUT2D eigenvalue weighted by atomic mass is 10.1. The lowest BCUT2D eigenvalue weighted by Gasteiger charge is -2.34. The Morgan fingerprint density at radius 3 is 2.46 bits per heavy atom. The van der Waals surface area contributed by atoms with Crippen molar-refractivity contribution in [1.29, 1.82) is 0 Å². The molecule has 6 heteroatoms. The standard InChI is InChI=1S/C18H30N4O2/c1-4-15-5-7-16(8-6-15)19-18(24)21(3)13-17(23)14-22-11-9-20(2)10-12-22/h5-8,17,23H,4,9-14H2,1-3H3,(H,19,24)/t17-/m0/s1. The molecule has 134 valence electrons. The summed E-state index contributed by atoms with van der Waals surface area (Å²) in [4.78, 5) is 18.3. The third kappa shape index (κ3) is 5.78. The second-order valence-electron chi connectivity index (χ2n) is 6.62. The number of aryl methyl sites for hydroxylation is 1. The van der Waals surface area contributed by atoms with Crippen molar-refractivity contribution in [2.45, 2.75) is 19.4 Å². The maximum absolute atomic E-state index is 12.2. The highest BCUT2D eigenvalue weighted by molar-refractivity contribution is 5.89. The van der Waals surface area contributed by atoms with E-state index in [4.69, 9.17) is 0 Å². The molecule has 6 nitrogen and oxygen atoms in total. The number of rotatable bonds is 6. The molecule has 24 heavy (non-hydrogen) atoms. The van der Waals surface area contributed by atoms with Gasteiger partial charge in [0, 0.05) is 52.0 Å². The lowest BCUT2D eigenvalue weighted by molar-refractivity contribution is 0.0670. The first-order chi connectivity index (χ1) is 11.5. The van der Waals surface area contributed by atoms with Crippen molar-refractivity contribution in [2.75, 3.05) is 58.7 Å². The Kier molecular flexibility index (Phi) is 7.02. The number of hydrogen-bond donors (Lipinski definition) is 2. The number of hydrogen-bond acceptors (Lipinski definition) is 4. The van der Waals surface area contributed by atoms with E-state index in [1.807, 2.05) is 24.3 Å². The summed E-state index contributed by atoms with van der Waals surface area (Å²) in [5.74, 6) is 0. The number of likely N-dealkylation sites (N-methyl/N-ethyl adjacent to an activating group) is 2. The van der Waals surface area contributed by atoms with Crippen LogP contribution in [0.5, 0.6) is 0 Å². The highest BCUT2D eigenvalue weighted by atomic mass is 16.3. The number of benzene rings is 1. The van der Waals surface area contributed by atoms with Crippen LogP contribution in [0.2, 0.25) is 0 Å². The van der Waals surface area contributed by atoms with Gasteiger partial charge in [0.15, 0.2) is 0 Å². The maximum Gasteiger partial charge on any atom is 0.321 e. The van der Waals surface area contributed by atoms with Gasteiger partial charge in [-0.15, -0.1) is 0 Å². The Bertz CT molecular complexity index is 512. The number of aliphatic hydroxyl groups excluding tert-OH is 1. The SMILES string of the molecule is CCc1ccc(NC(=O)N(C)C[C@H](O)CN2CCN(C)CC2)cc1. The van der Waals surface area contributed by atoms with E-state index in [0.29, 0.717) is 13.1 Å². The Balaban J connectivity index is 1.75. The number of urea groups is 1. The fourth-order valence-electron chi connectivity index (χ4n) is 2.83. The number of nitrogens with zero attached hydrogens (tertiary/aromatic N) is 3. The van der Waals surface area contributed by atoms with Gasteiger partial charge in [-0.2, -0.15) is 0 Å². The van der Waals surface area contributed by atoms with Gasteiger partial charge in [-0.3, -0.25) is 4.90 Å². The predicted molar refractivity (Wildman–Crippen MR) is 97.4 cm³/mol. The minimum Gasteiger partial charge on any atom is -0.390 e. The zero-order valence-corrected chi connectivity index (χ0v) is 15.0. The van der Waals surface area contributed by atoms with Gasteiger partial charge >= 0.3 is 6.03 Å². The maximum atomic E-state index is 12.2.